The maximum absolute atomic E-state index is 13.7. The Morgan fingerprint density at radius 3 is 2.37 bits per heavy atom. The summed E-state index contributed by atoms with van der Waals surface area (Å²) >= 11 is 10.3. The largest absolute Gasteiger partial charge is 0.449 e. The Morgan fingerprint density at radius 2 is 1.84 bits per heavy atom. The number of rotatable bonds is 3. The van der Waals surface area contributed by atoms with E-state index in [-0.39, 0.29) is 21.3 Å². The van der Waals surface area contributed by atoms with Crippen LogP contribution in [0.5, 0.6) is 11.5 Å². The number of benzene rings is 1. The third-order valence-electron chi connectivity index (χ3n) is 2.18. The van der Waals surface area contributed by atoms with Gasteiger partial charge in [0.15, 0.2) is 17.4 Å². The fourth-order valence-electron chi connectivity index (χ4n) is 1.37. The normalized spacial score (nSPS) is 10.3. The number of ether oxygens (including phenoxy) is 1. The van der Waals surface area contributed by atoms with Gasteiger partial charge in [0, 0.05) is 17.8 Å². The molecule has 3 nitrogen and oxygen atoms in total. The van der Waals surface area contributed by atoms with Gasteiger partial charge in [0.05, 0.1) is 11.2 Å². The molecule has 2 rings (SSSR count). The summed E-state index contributed by atoms with van der Waals surface area (Å²) in [7, 11) is 0. The third-order valence-corrected chi connectivity index (χ3v) is 2.62. The summed E-state index contributed by atoms with van der Waals surface area (Å²) in [5.41, 5.74) is 5.39. The second kappa shape index (κ2) is 5.46. The van der Waals surface area contributed by atoms with Crippen LogP contribution < -0.4 is 10.5 Å². The van der Waals surface area contributed by atoms with Crippen molar-refractivity contribution in [2.24, 2.45) is 5.73 Å². The van der Waals surface area contributed by atoms with E-state index in [1.807, 2.05) is 0 Å². The predicted octanol–water partition coefficient (Wildman–Crippen LogP) is 3.44. The van der Waals surface area contributed by atoms with E-state index in [2.05, 4.69) is 17.2 Å². The molecule has 2 aromatic rings. The molecule has 7 heteroatoms. The van der Waals surface area contributed by atoms with Crippen LogP contribution in [0.4, 0.5) is 8.78 Å². The van der Waals surface area contributed by atoms with Crippen LogP contribution in [0.1, 0.15) is 5.56 Å². The first-order valence-corrected chi connectivity index (χ1v) is 5.83. The molecule has 1 aromatic heterocycles. The van der Waals surface area contributed by atoms with E-state index in [9.17, 15) is 8.78 Å². The number of hydrogen-bond donors (Lipinski definition) is 1. The van der Waals surface area contributed by atoms with Crippen molar-refractivity contribution in [1.82, 2.24) is 4.98 Å². The minimum atomic E-state index is -0.914. The van der Waals surface area contributed by atoms with Crippen LogP contribution in [0, 0.1) is 11.6 Å². The zero-order valence-electron chi connectivity index (χ0n) is 9.36. The second-order valence-electron chi connectivity index (χ2n) is 3.57. The highest BCUT2D eigenvalue weighted by molar-refractivity contribution is 7.80. The van der Waals surface area contributed by atoms with Crippen LogP contribution in [0.15, 0.2) is 30.6 Å². The van der Waals surface area contributed by atoms with Crippen molar-refractivity contribution in [2.75, 3.05) is 0 Å². The fraction of sp³-hybridized carbons (Fsp3) is 0. The topological polar surface area (TPSA) is 48.1 Å². The average molecular weight is 301 g/mol. The lowest BCUT2D eigenvalue weighted by Gasteiger charge is -2.09. The van der Waals surface area contributed by atoms with E-state index in [4.69, 9.17) is 22.1 Å². The summed E-state index contributed by atoms with van der Waals surface area (Å²) in [4.78, 5) is 3.64. The Balaban J connectivity index is 2.38. The summed E-state index contributed by atoms with van der Waals surface area (Å²) in [6.45, 7) is 0. The summed E-state index contributed by atoms with van der Waals surface area (Å²) < 4.78 is 32.5. The van der Waals surface area contributed by atoms with Crippen molar-refractivity contribution < 1.29 is 13.5 Å². The molecule has 0 saturated heterocycles. The van der Waals surface area contributed by atoms with E-state index in [0.717, 1.165) is 12.1 Å². The lowest BCUT2D eigenvalue weighted by Crippen LogP contribution is -2.10. The molecule has 2 N–H and O–H groups in total. The number of aromatic nitrogens is 1. The van der Waals surface area contributed by atoms with Gasteiger partial charge in [-0.15, -0.1) is 0 Å². The van der Waals surface area contributed by atoms with Gasteiger partial charge in [-0.3, -0.25) is 4.98 Å². The third kappa shape index (κ3) is 3.15. The van der Waals surface area contributed by atoms with Crippen LogP contribution >= 0.6 is 23.8 Å². The first kappa shape index (κ1) is 13.6. The molecule has 98 valence electrons. The summed E-state index contributed by atoms with van der Waals surface area (Å²) in [6.07, 6.45) is 2.66. The SMILES string of the molecule is NC(=S)c1cc(F)c(Oc2cncc(Cl)c2)c(F)c1. The smallest absolute Gasteiger partial charge is 0.198 e. The number of pyridine rings is 1. The van der Waals surface area contributed by atoms with Gasteiger partial charge in [-0.2, -0.15) is 0 Å². The second-order valence-corrected chi connectivity index (χ2v) is 4.45. The Hall–Kier alpha value is -1.79. The highest BCUT2D eigenvalue weighted by Crippen LogP contribution is 2.29. The Labute approximate surface area is 118 Å². The molecule has 0 amide bonds. The van der Waals surface area contributed by atoms with E-state index in [0.29, 0.717) is 0 Å². The van der Waals surface area contributed by atoms with Crippen molar-refractivity contribution in [1.29, 1.82) is 0 Å². The number of nitrogens with two attached hydrogens (primary N) is 1. The number of hydrogen-bond acceptors (Lipinski definition) is 3. The molecular weight excluding hydrogens is 294 g/mol. The van der Waals surface area contributed by atoms with Gasteiger partial charge in [0.1, 0.15) is 10.7 Å². The van der Waals surface area contributed by atoms with Crippen LogP contribution in [0.25, 0.3) is 0 Å². The molecule has 0 fully saturated rings. The first-order chi connectivity index (χ1) is 8.97. The standard InChI is InChI=1S/C12H7ClF2N2OS/c13-7-3-8(5-17-4-7)18-11-9(14)1-6(12(16)19)2-10(11)15/h1-5H,(H2,16,19). The van der Waals surface area contributed by atoms with E-state index in [1.165, 1.54) is 18.5 Å². The lowest BCUT2D eigenvalue weighted by molar-refractivity contribution is 0.406. The minimum absolute atomic E-state index is 0.0848. The molecule has 0 radical (unpaired) electrons. The van der Waals surface area contributed by atoms with Crippen LogP contribution in [0.3, 0.4) is 0 Å². The van der Waals surface area contributed by atoms with Crippen LogP contribution in [-0.2, 0) is 0 Å². The monoisotopic (exact) mass is 300 g/mol. The van der Waals surface area contributed by atoms with Gasteiger partial charge >= 0.3 is 0 Å². The van der Waals surface area contributed by atoms with Gasteiger partial charge in [-0.05, 0) is 12.1 Å². The first-order valence-electron chi connectivity index (χ1n) is 5.04. The maximum Gasteiger partial charge on any atom is 0.198 e. The number of halogens is 3. The van der Waals surface area contributed by atoms with Crippen molar-refractivity contribution in [3.63, 3.8) is 0 Å². The summed E-state index contributed by atoms with van der Waals surface area (Å²) in [5, 5.41) is 0.290. The molecule has 0 aliphatic rings. The average Bonchev–Trinajstić information content (AvgIpc) is 2.33. The predicted molar refractivity (Wildman–Crippen MR) is 71.6 cm³/mol. The molecule has 1 heterocycles. The van der Waals surface area contributed by atoms with Gasteiger partial charge in [0.25, 0.3) is 0 Å². The van der Waals surface area contributed by atoms with Gasteiger partial charge < -0.3 is 10.5 Å². The van der Waals surface area contributed by atoms with Crippen molar-refractivity contribution in [3.8, 4) is 11.5 Å². The van der Waals surface area contributed by atoms with E-state index < -0.39 is 17.4 Å². The van der Waals surface area contributed by atoms with E-state index >= 15 is 0 Å². The Morgan fingerprint density at radius 1 is 1.21 bits per heavy atom. The van der Waals surface area contributed by atoms with Crippen molar-refractivity contribution >= 4 is 28.8 Å². The van der Waals surface area contributed by atoms with Gasteiger partial charge in [0.2, 0.25) is 0 Å². The Kier molecular flexibility index (Phi) is 3.92. The zero-order valence-corrected chi connectivity index (χ0v) is 10.9. The number of thiocarbonyl (C=S) groups is 1. The van der Waals surface area contributed by atoms with Gasteiger partial charge in [-0.1, -0.05) is 23.8 Å². The molecule has 0 saturated carbocycles. The summed E-state index contributed by atoms with van der Waals surface area (Å²) in [6, 6.07) is 3.38. The van der Waals surface area contributed by atoms with Crippen LogP contribution in [-0.4, -0.2) is 9.97 Å². The van der Waals surface area contributed by atoms with Gasteiger partial charge in [-0.25, -0.2) is 8.78 Å². The summed E-state index contributed by atoms with van der Waals surface area (Å²) in [5.74, 6) is -2.28. The molecule has 1 aromatic carbocycles. The molecule has 0 bridgehead atoms. The molecular formula is C12H7ClF2N2OS. The molecule has 0 unspecified atom stereocenters. The van der Waals surface area contributed by atoms with Crippen LogP contribution in [0.2, 0.25) is 5.02 Å². The zero-order chi connectivity index (χ0) is 14.0. The van der Waals surface area contributed by atoms with Crippen molar-refractivity contribution in [3.05, 3.63) is 52.8 Å². The molecule has 0 spiro atoms. The molecule has 0 aliphatic carbocycles. The van der Waals surface area contributed by atoms with Crippen molar-refractivity contribution in [2.45, 2.75) is 0 Å². The quantitative estimate of drug-likeness (QED) is 0.882. The highest BCUT2D eigenvalue weighted by Gasteiger charge is 2.15. The van der Waals surface area contributed by atoms with E-state index in [1.54, 1.807) is 0 Å². The Bertz CT molecular complexity index is 628. The molecule has 0 atom stereocenters. The fourth-order valence-corrected chi connectivity index (χ4v) is 1.65. The molecule has 19 heavy (non-hydrogen) atoms. The lowest BCUT2D eigenvalue weighted by atomic mass is 10.2. The maximum atomic E-state index is 13.7. The molecule has 0 aliphatic heterocycles. The minimum Gasteiger partial charge on any atom is -0.449 e. The number of nitrogens with zero attached hydrogens (tertiary/aromatic N) is 1. The highest BCUT2D eigenvalue weighted by atomic mass is 35.5.